The molecule has 2 fully saturated rings. The Morgan fingerprint density at radius 2 is 1.74 bits per heavy atom. The van der Waals surface area contributed by atoms with Crippen LogP contribution in [-0.2, 0) is 10.3 Å². The fourth-order valence-corrected chi connectivity index (χ4v) is 6.12. The maximum absolute atomic E-state index is 13.7. The molecule has 1 spiro atoms. The maximum atomic E-state index is 13.7. The number of halogens is 1. The Morgan fingerprint density at radius 3 is 2.49 bits per heavy atom. The zero-order chi connectivity index (χ0) is 24.6. The van der Waals surface area contributed by atoms with Gasteiger partial charge in [-0.25, -0.2) is 4.79 Å². The minimum absolute atomic E-state index is 0.203. The number of piperidine rings is 1. The van der Waals surface area contributed by atoms with Gasteiger partial charge < -0.3 is 15.0 Å². The summed E-state index contributed by atoms with van der Waals surface area (Å²) in [5, 5.41) is 3.52. The Balaban J connectivity index is 1.17. The van der Waals surface area contributed by atoms with E-state index in [0.29, 0.717) is 35.2 Å². The Bertz CT molecular complexity index is 1100. The van der Waals surface area contributed by atoms with Crippen molar-refractivity contribution >= 4 is 23.5 Å². The molecule has 2 aromatic carbocycles. The first kappa shape index (κ1) is 24.1. The fraction of sp³-hybridized carbons (Fsp3) is 0.500. The Kier molecular flexibility index (Phi) is 6.53. The molecular formula is C28H34ClN3O3. The molecule has 1 atom stereocenters. The van der Waals surface area contributed by atoms with Gasteiger partial charge in [0.2, 0.25) is 0 Å². The SMILES string of the molecule is CC1(C)CC2(NC(=O)N(CCCCN3CCC(c4ccccc4)CC3)C2=O)c2cc(Cl)ccc2O1. The molecule has 7 heteroatoms. The highest BCUT2D eigenvalue weighted by atomic mass is 35.5. The van der Waals surface area contributed by atoms with Gasteiger partial charge in [-0.3, -0.25) is 9.69 Å². The number of carbonyl (C=O) groups excluding carboxylic acids is 2. The lowest BCUT2D eigenvalue weighted by molar-refractivity contribution is -0.134. The van der Waals surface area contributed by atoms with Crippen molar-refractivity contribution in [2.75, 3.05) is 26.2 Å². The minimum atomic E-state index is -1.13. The van der Waals surface area contributed by atoms with Crippen LogP contribution in [0.1, 0.15) is 63.0 Å². The molecule has 0 saturated carbocycles. The monoisotopic (exact) mass is 495 g/mol. The van der Waals surface area contributed by atoms with Crippen molar-refractivity contribution in [3.8, 4) is 5.75 Å². The van der Waals surface area contributed by atoms with Crippen LogP contribution in [0.2, 0.25) is 5.02 Å². The second-order valence-electron chi connectivity index (χ2n) is 10.7. The molecule has 1 unspecified atom stereocenters. The number of likely N-dealkylation sites (tertiary alicyclic amines) is 1. The van der Waals surface area contributed by atoms with E-state index >= 15 is 0 Å². The number of rotatable bonds is 6. The summed E-state index contributed by atoms with van der Waals surface area (Å²) in [4.78, 5) is 30.5. The number of amides is 3. The number of ether oxygens (including phenoxy) is 1. The van der Waals surface area contributed by atoms with Gasteiger partial charge in [-0.15, -0.1) is 0 Å². The maximum Gasteiger partial charge on any atom is 0.325 e. The van der Waals surface area contributed by atoms with Crippen molar-refractivity contribution < 1.29 is 14.3 Å². The molecule has 0 bridgehead atoms. The van der Waals surface area contributed by atoms with Gasteiger partial charge in [0, 0.05) is 23.6 Å². The molecule has 3 heterocycles. The molecule has 3 amide bonds. The number of hydrogen-bond acceptors (Lipinski definition) is 4. The minimum Gasteiger partial charge on any atom is -0.487 e. The number of unbranched alkanes of at least 4 members (excludes halogenated alkanes) is 1. The van der Waals surface area contributed by atoms with E-state index in [-0.39, 0.29) is 11.9 Å². The lowest BCUT2D eigenvalue weighted by atomic mass is 9.77. The molecule has 6 nitrogen and oxygen atoms in total. The highest BCUT2D eigenvalue weighted by molar-refractivity contribution is 6.30. The summed E-state index contributed by atoms with van der Waals surface area (Å²) in [6, 6.07) is 15.7. The van der Waals surface area contributed by atoms with Crippen molar-refractivity contribution in [3.63, 3.8) is 0 Å². The van der Waals surface area contributed by atoms with Crippen LogP contribution in [0.15, 0.2) is 48.5 Å². The van der Waals surface area contributed by atoms with Crippen LogP contribution in [0, 0.1) is 0 Å². The van der Waals surface area contributed by atoms with Crippen LogP contribution in [-0.4, -0.2) is 53.5 Å². The average Bonchev–Trinajstić information content (AvgIpc) is 3.07. The van der Waals surface area contributed by atoms with Crippen LogP contribution in [0.3, 0.4) is 0 Å². The van der Waals surface area contributed by atoms with Crippen LogP contribution in [0.25, 0.3) is 0 Å². The summed E-state index contributed by atoms with van der Waals surface area (Å²) in [6.07, 6.45) is 4.47. The average molecular weight is 496 g/mol. The highest BCUT2D eigenvalue weighted by Crippen LogP contribution is 2.47. The predicted molar refractivity (Wildman–Crippen MR) is 137 cm³/mol. The summed E-state index contributed by atoms with van der Waals surface area (Å²) in [5.41, 5.74) is 0.370. The third-order valence-electron chi connectivity index (χ3n) is 7.62. The van der Waals surface area contributed by atoms with Gasteiger partial charge in [0.05, 0.1) is 0 Å². The zero-order valence-corrected chi connectivity index (χ0v) is 21.3. The predicted octanol–water partition coefficient (Wildman–Crippen LogP) is 5.31. The number of nitrogens with zero attached hydrogens (tertiary/aromatic N) is 2. The topological polar surface area (TPSA) is 61.9 Å². The standard InChI is InChI=1S/C28H34ClN3O3/c1-27(2)19-28(23-18-22(29)10-11-24(23)35-27)25(33)32(26(34)30-28)15-7-6-14-31-16-12-21(13-17-31)20-8-4-3-5-9-20/h3-5,8-11,18,21H,6-7,12-17,19H2,1-2H3,(H,30,34). The number of hydrogen-bond donors (Lipinski definition) is 1. The van der Waals surface area contributed by atoms with Gasteiger partial charge in [0.15, 0.2) is 5.54 Å². The van der Waals surface area contributed by atoms with E-state index < -0.39 is 11.1 Å². The van der Waals surface area contributed by atoms with Crippen LogP contribution < -0.4 is 10.1 Å². The summed E-state index contributed by atoms with van der Waals surface area (Å²) < 4.78 is 6.10. The van der Waals surface area contributed by atoms with Gasteiger partial charge >= 0.3 is 6.03 Å². The molecule has 35 heavy (non-hydrogen) atoms. The Morgan fingerprint density at radius 1 is 1.03 bits per heavy atom. The number of carbonyl (C=O) groups is 2. The summed E-state index contributed by atoms with van der Waals surface area (Å²) in [7, 11) is 0. The molecule has 2 aromatic rings. The normalized spacial score (nSPS) is 24.4. The smallest absolute Gasteiger partial charge is 0.325 e. The quantitative estimate of drug-likeness (QED) is 0.436. The molecule has 1 N–H and O–H groups in total. The fourth-order valence-electron chi connectivity index (χ4n) is 5.94. The Labute approximate surface area is 212 Å². The molecule has 3 aliphatic heterocycles. The first-order chi connectivity index (χ1) is 16.8. The van der Waals surface area contributed by atoms with Gasteiger partial charge in [0.1, 0.15) is 11.4 Å². The van der Waals surface area contributed by atoms with Gasteiger partial charge in [-0.05, 0) is 88.8 Å². The lowest BCUT2D eigenvalue weighted by Gasteiger charge is -2.42. The number of urea groups is 1. The first-order valence-electron chi connectivity index (χ1n) is 12.7. The second kappa shape index (κ2) is 9.47. The van der Waals surface area contributed by atoms with Crippen molar-refractivity contribution in [3.05, 3.63) is 64.7 Å². The number of nitrogens with one attached hydrogen (secondary N) is 1. The van der Waals surface area contributed by atoms with Crippen molar-refractivity contribution in [1.29, 1.82) is 0 Å². The third-order valence-corrected chi connectivity index (χ3v) is 7.85. The van der Waals surface area contributed by atoms with Gasteiger partial charge in [0.25, 0.3) is 5.91 Å². The third kappa shape index (κ3) is 4.78. The largest absolute Gasteiger partial charge is 0.487 e. The number of benzene rings is 2. The molecule has 0 aliphatic carbocycles. The van der Waals surface area contributed by atoms with E-state index in [0.717, 1.165) is 32.5 Å². The van der Waals surface area contributed by atoms with Gasteiger partial charge in [-0.2, -0.15) is 0 Å². The zero-order valence-electron chi connectivity index (χ0n) is 20.6. The summed E-state index contributed by atoms with van der Waals surface area (Å²) in [6.45, 7) is 7.49. The highest BCUT2D eigenvalue weighted by Gasteiger charge is 2.58. The molecule has 0 radical (unpaired) electrons. The number of fused-ring (bicyclic) bond motifs is 2. The van der Waals surface area contributed by atoms with Crippen LogP contribution in [0.4, 0.5) is 4.79 Å². The molecule has 5 rings (SSSR count). The molecule has 2 saturated heterocycles. The van der Waals surface area contributed by atoms with Crippen molar-refractivity contribution in [2.45, 2.75) is 63.0 Å². The summed E-state index contributed by atoms with van der Waals surface area (Å²) in [5.74, 6) is 1.04. The molecular weight excluding hydrogens is 462 g/mol. The van der Waals surface area contributed by atoms with E-state index in [9.17, 15) is 9.59 Å². The van der Waals surface area contributed by atoms with E-state index in [1.807, 2.05) is 13.8 Å². The molecule has 0 aromatic heterocycles. The first-order valence-corrected chi connectivity index (χ1v) is 13.1. The number of imide groups is 1. The van der Waals surface area contributed by atoms with E-state index in [2.05, 4.69) is 40.5 Å². The van der Waals surface area contributed by atoms with Crippen molar-refractivity contribution in [2.24, 2.45) is 0 Å². The van der Waals surface area contributed by atoms with Gasteiger partial charge in [-0.1, -0.05) is 41.9 Å². The van der Waals surface area contributed by atoms with E-state index in [1.54, 1.807) is 18.2 Å². The van der Waals surface area contributed by atoms with Crippen LogP contribution in [0.5, 0.6) is 5.75 Å². The van der Waals surface area contributed by atoms with E-state index in [4.69, 9.17) is 16.3 Å². The summed E-state index contributed by atoms with van der Waals surface area (Å²) >= 11 is 6.25. The second-order valence-corrected chi connectivity index (χ2v) is 11.1. The lowest BCUT2D eigenvalue weighted by Crippen LogP contribution is -2.53. The molecule has 3 aliphatic rings. The van der Waals surface area contributed by atoms with E-state index in [1.165, 1.54) is 23.3 Å². The van der Waals surface area contributed by atoms with Crippen molar-refractivity contribution in [1.82, 2.24) is 15.1 Å². The molecule has 186 valence electrons. The Hall–Kier alpha value is -2.57. The van der Waals surface area contributed by atoms with Crippen LogP contribution >= 0.6 is 11.6 Å².